The van der Waals surface area contributed by atoms with Gasteiger partial charge in [-0.15, -0.1) is 0 Å². The molecular formula is C16H17F2N3O. The van der Waals surface area contributed by atoms with Gasteiger partial charge in [0.1, 0.15) is 11.5 Å². The highest BCUT2D eigenvalue weighted by atomic mass is 19.2. The van der Waals surface area contributed by atoms with Crippen LogP contribution in [0.5, 0.6) is 0 Å². The molecule has 0 aliphatic carbocycles. The molecule has 1 aliphatic rings. The van der Waals surface area contributed by atoms with E-state index in [1.165, 1.54) is 12.4 Å². The largest absolute Gasteiger partial charge is 0.381 e. The highest BCUT2D eigenvalue weighted by Gasteiger charge is 2.17. The molecule has 116 valence electrons. The molecule has 0 amide bonds. The molecule has 0 aromatic carbocycles. The van der Waals surface area contributed by atoms with Gasteiger partial charge in [-0.25, -0.2) is 13.8 Å². The number of hydrogen-bond donors (Lipinski definition) is 1. The molecule has 3 rings (SSSR count). The molecule has 22 heavy (non-hydrogen) atoms. The summed E-state index contributed by atoms with van der Waals surface area (Å²) in [5.74, 6) is -1.04. The van der Waals surface area contributed by atoms with Gasteiger partial charge in [0.25, 0.3) is 0 Å². The van der Waals surface area contributed by atoms with E-state index in [2.05, 4.69) is 15.3 Å². The molecule has 6 heteroatoms. The molecule has 1 saturated heterocycles. The van der Waals surface area contributed by atoms with Crippen molar-refractivity contribution in [1.82, 2.24) is 9.97 Å². The summed E-state index contributed by atoms with van der Waals surface area (Å²) in [6.07, 6.45) is 4.98. The molecule has 0 radical (unpaired) electrons. The second kappa shape index (κ2) is 6.79. The van der Waals surface area contributed by atoms with E-state index in [0.717, 1.165) is 32.1 Å². The third-order valence-corrected chi connectivity index (χ3v) is 3.78. The van der Waals surface area contributed by atoms with Gasteiger partial charge in [-0.05, 0) is 30.9 Å². The number of nitrogens with one attached hydrogen (secondary N) is 1. The van der Waals surface area contributed by atoms with Crippen LogP contribution < -0.4 is 5.32 Å². The molecule has 4 nitrogen and oxygen atoms in total. The number of aromatic nitrogens is 2. The molecule has 3 heterocycles. The first kappa shape index (κ1) is 14.8. The lowest BCUT2D eigenvalue weighted by Gasteiger charge is -2.22. The second-order valence-electron chi connectivity index (χ2n) is 5.32. The minimum absolute atomic E-state index is 0.00289. The van der Waals surface area contributed by atoms with Crippen molar-refractivity contribution in [2.75, 3.05) is 25.1 Å². The Morgan fingerprint density at radius 1 is 1.18 bits per heavy atom. The van der Waals surface area contributed by atoms with Crippen molar-refractivity contribution in [3.63, 3.8) is 0 Å². The van der Waals surface area contributed by atoms with Gasteiger partial charge in [-0.3, -0.25) is 4.98 Å². The highest BCUT2D eigenvalue weighted by Crippen LogP contribution is 2.25. The van der Waals surface area contributed by atoms with Crippen molar-refractivity contribution in [3.05, 3.63) is 42.2 Å². The van der Waals surface area contributed by atoms with Crippen molar-refractivity contribution in [3.8, 4) is 11.3 Å². The standard InChI is InChI=1S/C16H17F2N3O/c17-13-9-14(20-10-11-3-7-22-8-4-11)21-16(15(13)18)12-1-5-19-6-2-12/h1-2,5-6,9,11H,3-4,7-8,10H2,(H,20,21). The van der Waals surface area contributed by atoms with Gasteiger partial charge < -0.3 is 10.1 Å². The summed E-state index contributed by atoms with van der Waals surface area (Å²) < 4.78 is 33.1. The van der Waals surface area contributed by atoms with Crippen LogP contribution in [0.4, 0.5) is 14.6 Å². The maximum absolute atomic E-state index is 14.0. The highest BCUT2D eigenvalue weighted by molar-refractivity contribution is 5.61. The third-order valence-electron chi connectivity index (χ3n) is 3.78. The van der Waals surface area contributed by atoms with Crippen molar-refractivity contribution < 1.29 is 13.5 Å². The van der Waals surface area contributed by atoms with E-state index in [9.17, 15) is 8.78 Å². The minimum atomic E-state index is -0.942. The number of nitrogens with zero attached hydrogens (tertiary/aromatic N) is 2. The van der Waals surface area contributed by atoms with E-state index >= 15 is 0 Å². The monoisotopic (exact) mass is 305 g/mol. The number of halogens is 2. The van der Waals surface area contributed by atoms with Gasteiger partial charge >= 0.3 is 0 Å². The zero-order chi connectivity index (χ0) is 15.4. The zero-order valence-corrected chi connectivity index (χ0v) is 12.1. The molecule has 2 aromatic rings. The first-order valence-corrected chi connectivity index (χ1v) is 7.32. The van der Waals surface area contributed by atoms with Crippen LogP contribution in [0.25, 0.3) is 11.3 Å². The summed E-state index contributed by atoms with van der Waals surface area (Å²) in [6.45, 7) is 2.18. The number of rotatable bonds is 4. The van der Waals surface area contributed by atoms with Crippen LogP contribution in [0.15, 0.2) is 30.6 Å². The van der Waals surface area contributed by atoms with Gasteiger partial charge in [-0.1, -0.05) is 0 Å². The Morgan fingerprint density at radius 2 is 1.91 bits per heavy atom. The average Bonchev–Trinajstić information content (AvgIpc) is 2.57. The van der Waals surface area contributed by atoms with Crippen molar-refractivity contribution in [2.24, 2.45) is 5.92 Å². The summed E-state index contributed by atoms with van der Waals surface area (Å²) in [4.78, 5) is 8.07. The molecule has 1 N–H and O–H groups in total. The minimum Gasteiger partial charge on any atom is -0.381 e. The van der Waals surface area contributed by atoms with Gasteiger partial charge in [0, 0.05) is 43.8 Å². The SMILES string of the molecule is Fc1cc(NCC2CCOCC2)nc(-c2ccncc2)c1F. The second-order valence-corrected chi connectivity index (χ2v) is 5.32. The van der Waals surface area contributed by atoms with E-state index in [0.29, 0.717) is 23.8 Å². The smallest absolute Gasteiger partial charge is 0.185 e. The number of pyridine rings is 2. The van der Waals surface area contributed by atoms with Crippen LogP contribution in [0.2, 0.25) is 0 Å². The molecule has 0 unspecified atom stereocenters. The first-order chi connectivity index (χ1) is 10.7. The maximum Gasteiger partial charge on any atom is 0.185 e. The van der Waals surface area contributed by atoms with Crippen molar-refractivity contribution in [1.29, 1.82) is 0 Å². The fourth-order valence-electron chi connectivity index (χ4n) is 2.49. The van der Waals surface area contributed by atoms with E-state index in [1.807, 2.05) is 0 Å². The number of hydrogen-bond acceptors (Lipinski definition) is 4. The Bertz CT molecular complexity index is 631. The lowest BCUT2D eigenvalue weighted by Crippen LogP contribution is -2.23. The predicted molar refractivity (Wildman–Crippen MR) is 79.4 cm³/mol. The van der Waals surface area contributed by atoms with Gasteiger partial charge in [0.05, 0.1) is 0 Å². The van der Waals surface area contributed by atoms with Crippen molar-refractivity contribution >= 4 is 5.82 Å². The fourth-order valence-corrected chi connectivity index (χ4v) is 2.49. The lowest BCUT2D eigenvalue weighted by atomic mass is 10.0. The molecule has 0 atom stereocenters. The quantitative estimate of drug-likeness (QED) is 0.942. The van der Waals surface area contributed by atoms with Gasteiger partial charge in [0.15, 0.2) is 11.6 Å². The molecule has 0 saturated carbocycles. The Hall–Kier alpha value is -2.08. The Labute approximate surface area is 127 Å². The first-order valence-electron chi connectivity index (χ1n) is 7.32. The predicted octanol–water partition coefficient (Wildman–Crippen LogP) is 3.26. The summed E-state index contributed by atoms with van der Waals surface area (Å²) in [5, 5.41) is 3.10. The Balaban J connectivity index is 1.79. The Kier molecular flexibility index (Phi) is 4.58. The molecule has 1 aliphatic heterocycles. The van der Waals surface area contributed by atoms with Gasteiger partial charge in [-0.2, -0.15) is 0 Å². The van der Waals surface area contributed by atoms with Gasteiger partial charge in [0.2, 0.25) is 0 Å². The van der Waals surface area contributed by atoms with Crippen LogP contribution in [-0.2, 0) is 4.74 Å². The maximum atomic E-state index is 14.0. The molecule has 0 bridgehead atoms. The Morgan fingerprint density at radius 3 is 2.64 bits per heavy atom. The lowest BCUT2D eigenvalue weighted by molar-refractivity contribution is 0.0699. The van der Waals surface area contributed by atoms with Crippen LogP contribution in [0.1, 0.15) is 12.8 Å². The number of ether oxygens (including phenoxy) is 1. The average molecular weight is 305 g/mol. The van der Waals surface area contributed by atoms with E-state index < -0.39 is 11.6 Å². The van der Waals surface area contributed by atoms with E-state index in [4.69, 9.17) is 4.74 Å². The topological polar surface area (TPSA) is 47.0 Å². The van der Waals surface area contributed by atoms with Crippen LogP contribution in [0.3, 0.4) is 0 Å². The molecule has 2 aromatic heterocycles. The van der Waals surface area contributed by atoms with Crippen LogP contribution >= 0.6 is 0 Å². The zero-order valence-electron chi connectivity index (χ0n) is 12.1. The fraction of sp³-hybridized carbons (Fsp3) is 0.375. The third kappa shape index (κ3) is 3.39. The molecule has 1 fully saturated rings. The molecular weight excluding hydrogens is 288 g/mol. The summed E-state index contributed by atoms with van der Waals surface area (Å²) in [5.41, 5.74) is 0.498. The van der Waals surface area contributed by atoms with E-state index in [-0.39, 0.29) is 5.69 Å². The van der Waals surface area contributed by atoms with Crippen LogP contribution in [0, 0.1) is 17.6 Å². The molecule has 0 spiro atoms. The normalized spacial score (nSPS) is 15.7. The summed E-state index contributed by atoms with van der Waals surface area (Å²) in [6, 6.07) is 4.31. The van der Waals surface area contributed by atoms with Crippen molar-refractivity contribution in [2.45, 2.75) is 12.8 Å². The van der Waals surface area contributed by atoms with Crippen LogP contribution in [-0.4, -0.2) is 29.7 Å². The summed E-state index contributed by atoms with van der Waals surface area (Å²) >= 11 is 0. The number of anilines is 1. The van der Waals surface area contributed by atoms with E-state index in [1.54, 1.807) is 12.1 Å². The summed E-state index contributed by atoms with van der Waals surface area (Å²) in [7, 11) is 0.